The van der Waals surface area contributed by atoms with E-state index in [1.807, 2.05) is 0 Å². The summed E-state index contributed by atoms with van der Waals surface area (Å²) in [6.07, 6.45) is 8.87. The first-order valence-corrected chi connectivity index (χ1v) is 8.89. The van der Waals surface area contributed by atoms with Gasteiger partial charge in [0.15, 0.2) is 0 Å². The normalized spacial score (nSPS) is 19.2. The lowest BCUT2D eigenvalue weighted by Crippen LogP contribution is -2.39. The third-order valence-corrected chi connectivity index (χ3v) is 4.68. The van der Waals surface area contributed by atoms with Gasteiger partial charge in [0, 0.05) is 6.54 Å². The topological polar surface area (TPSA) is 23.5 Å². The number of rotatable bonds is 9. The zero-order valence-corrected chi connectivity index (χ0v) is 14.3. The monoisotopic (exact) mass is 283 g/mol. The molecule has 0 heterocycles. The van der Waals surface area contributed by atoms with E-state index in [0.29, 0.717) is 5.92 Å². The molecular weight excluding hydrogens is 246 g/mol. The molecule has 0 spiro atoms. The SMILES string of the molecule is CC(C)CCN(CCC(C)C)CC(O)C1CCCCC1. The van der Waals surface area contributed by atoms with E-state index < -0.39 is 0 Å². The minimum absolute atomic E-state index is 0.102. The van der Waals surface area contributed by atoms with Gasteiger partial charge in [-0.25, -0.2) is 0 Å². The number of aliphatic hydroxyl groups is 1. The maximum Gasteiger partial charge on any atom is 0.0695 e. The second kappa shape index (κ2) is 9.78. The fraction of sp³-hybridized carbons (Fsp3) is 1.00. The molecule has 0 aromatic rings. The summed E-state index contributed by atoms with van der Waals surface area (Å²) >= 11 is 0. The summed E-state index contributed by atoms with van der Waals surface area (Å²) in [5, 5.41) is 10.5. The Morgan fingerprint density at radius 2 is 1.40 bits per heavy atom. The van der Waals surface area contributed by atoms with Gasteiger partial charge in [0.2, 0.25) is 0 Å². The van der Waals surface area contributed by atoms with Crippen molar-refractivity contribution in [3.63, 3.8) is 0 Å². The van der Waals surface area contributed by atoms with Crippen LogP contribution in [0.2, 0.25) is 0 Å². The van der Waals surface area contributed by atoms with Crippen LogP contribution in [0.1, 0.15) is 72.6 Å². The molecule has 2 nitrogen and oxygen atoms in total. The number of hydrogen-bond acceptors (Lipinski definition) is 2. The minimum Gasteiger partial charge on any atom is -0.392 e. The molecule has 0 aliphatic heterocycles. The van der Waals surface area contributed by atoms with Crippen LogP contribution in [0.3, 0.4) is 0 Å². The molecule has 0 aromatic carbocycles. The Morgan fingerprint density at radius 3 is 1.85 bits per heavy atom. The third kappa shape index (κ3) is 7.64. The van der Waals surface area contributed by atoms with E-state index in [9.17, 15) is 5.11 Å². The number of hydrogen-bond donors (Lipinski definition) is 1. The largest absolute Gasteiger partial charge is 0.392 e. The highest BCUT2D eigenvalue weighted by Crippen LogP contribution is 2.27. The van der Waals surface area contributed by atoms with Crippen molar-refractivity contribution in [1.82, 2.24) is 4.90 Å². The van der Waals surface area contributed by atoms with Gasteiger partial charge in [-0.3, -0.25) is 0 Å². The van der Waals surface area contributed by atoms with Gasteiger partial charge in [-0.05, 0) is 56.5 Å². The Morgan fingerprint density at radius 1 is 0.900 bits per heavy atom. The van der Waals surface area contributed by atoms with Gasteiger partial charge in [0.25, 0.3) is 0 Å². The van der Waals surface area contributed by atoms with Gasteiger partial charge in [0.05, 0.1) is 6.10 Å². The Balaban J connectivity index is 2.39. The van der Waals surface area contributed by atoms with Crippen LogP contribution in [0.5, 0.6) is 0 Å². The van der Waals surface area contributed by atoms with Crippen molar-refractivity contribution >= 4 is 0 Å². The predicted octanol–water partition coefficient (Wildman–Crippen LogP) is 4.32. The van der Waals surface area contributed by atoms with Crippen LogP contribution in [0.4, 0.5) is 0 Å². The molecule has 0 amide bonds. The summed E-state index contributed by atoms with van der Waals surface area (Å²) in [5.74, 6) is 2.07. The van der Waals surface area contributed by atoms with E-state index in [0.717, 1.165) is 31.5 Å². The molecule has 1 aliphatic rings. The Labute approximate surface area is 126 Å². The standard InChI is InChI=1S/C18H37NO/c1-15(2)10-12-19(13-11-16(3)4)14-18(20)17-8-6-5-7-9-17/h15-18,20H,5-14H2,1-4H3. The molecule has 1 rings (SSSR count). The molecule has 1 saturated carbocycles. The minimum atomic E-state index is -0.102. The van der Waals surface area contributed by atoms with Crippen LogP contribution in [0.25, 0.3) is 0 Å². The van der Waals surface area contributed by atoms with Crippen LogP contribution >= 0.6 is 0 Å². The molecule has 1 aliphatic carbocycles. The zero-order chi connectivity index (χ0) is 15.0. The molecule has 20 heavy (non-hydrogen) atoms. The highest BCUT2D eigenvalue weighted by molar-refractivity contribution is 4.76. The molecule has 0 bridgehead atoms. The molecule has 1 atom stereocenters. The zero-order valence-electron chi connectivity index (χ0n) is 14.3. The van der Waals surface area contributed by atoms with Crippen molar-refractivity contribution in [3.05, 3.63) is 0 Å². The molecule has 1 N–H and O–H groups in total. The lowest BCUT2D eigenvalue weighted by molar-refractivity contribution is 0.0448. The van der Waals surface area contributed by atoms with Gasteiger partial charge in [-0.2, -0.15) is 0 Å². The first-order valence-electron chi connectivity index (χ1n) is 8.89. The summed E-state index contributed by atoms with van der Waals surface area (Å²) < 4.78 is 0. The number of aliphatic hydroxyl groups excluding tert-OH is 1. The average Bonchev–Trinajstić information content (AvgIpc) is 2.42. The van der Waals surface area contributed by atoms with Crippen LogP contribution in [0, 0.1) is 17.8 Å². The summed E-state index contributed by atoms with van der Waals surface area (Å²) in [7, 11) is 0. The molecule has 0 radical (unpaired) electrons. The summed E-state index contributed by atoms with van der Waals surface area (Å²) in [5.41, 5.74) is 0. The van der Waals surface area contributed by atoms with Gasteiger partial charge in [-0.15, -0.1) is 0 Å². The fourth-order valence-corrected chi connectivity index (χ4v) is 3.11. The predicted molar refractivity (Wildman–Crippen MR) is 87.9 cm³/mol. The Kier molecular flexibility index (Phi) is 8.79. The molecule has 1 unspecified atom stereocenters. The van der Waals surface area contributed by atoms with Crippen molar-refractivity contribution in [2.24, 2.45) is 17.8 Å². The fourth-order valence-electron chi connectivity index (χ4n) is 3.11. The molecule has 0 aromatic heterocycles. The van der Waals surface area contributed by atoms with Crippen molar-refractivity contribution < 1.29 is 5.11 Å². The van der Waals surface area contributed by atoms with Gasteiger partial charge in [0.1, 0.15) is 0 Å². The van der Waals surface area contributed by atoms with E-state index >= 15 is 0 Å². The lowest BCUT2D eigenvalue weighted by Gasteiger charge is -2.32. The van der Waals surface area contributed by atoms with Crippen molar-refractivity contribution in [2.75, 3.05) is 19.6 Å². The van der Waals surface area contributed by atoms with Crippen molar-refractivity contribution in [1.29, 1.82) is 0 Å². The van der Waals surface area contributed by atoms with E-state index in [1.165, 1.54) is 44.9 Å². The van der Waals surface area contributed by atoms with Crippen LogP contribution in [-0.2, 0) is 0 Å². The van der Waals surface area contributed by atoms with Crippen LogP contribution in [-0.4, -0.2) is 35.7 Å². The molecule has 2 heteroatoms. The Hall–Kier alpha value is -0.0800. The quantitative estimate of drug-likeness (QED) is 0.681. The lowest BCUT2D eigenvalue weighted by atomic mass is 9.85. The average molecular weight is 284 g/mol. The highest BCUT2D eigenvalue weighted by atomic mass is 16.3. The maximum atomic E-state index is 10.5. The second-order valence-corrected chi connectivity index (χ2v) is 7.63. The van der Waals surface area contributed by atoms with E-state index in [4.69, 9.17) is 0 Å². The first-order chi connectivity index (χ1) is 9.49. The summed E-state index contributed by atoms with van der Waals surface area (Å²) in [6.45, 7) is 12.3. The highest BCUT2D eigenvalue weighted by Gasteiger charge is 2.23. The molecule has 1 fully saturated rings. The van der Waals surface area contributed by atoms with E-state index in [-0.39, 0.29) is 6.10 Å². The molecule has 0 saturated heterocycles. The maximum absolute atomic E-state index is 10.5. The first kappa shape index (κ1) is 18.0. The Bertz CT molecular complexity index is 222. The summed E-state index contributed by atoms with van der Waals surface area (Å²) in [6, 6.07) is 0. The number of nitrogens with zero attached hydrogens (tertiary/aromatic N) is 1. The molecular formula is C18H37NO. The summed E-state index contributed by atoms with van der Waals surface area (Å²) in [4.78, 5) is 2.51. The van der Waals surface area contributed by atoms with Gasteiger partial charge in [-0.1, -0.05) is 47.0 Å². The van der Waals surface area contributed by atoms with Crippen LogP contribution < -0.4 is 0 Å². The van der Waals surface area contributed by atoms with Gasteiger partial charge >= 0.3 is 0 Å². The molecule has 120 valence electrons. The van der Waals surface area contributed by atoms with E-state index in [2.05, 4.69) is 32.6 Å². The van der Waals surface area contributed by atoms with E-state index in [1.54, 1.807) is 0 Å². The van der Waals surface area contributed by atoms with Crippen molar-refractivity contribution in [3.8, 4) is 0 Å². The third-order valence-electron chi connectivity index (χ3n) is 4.68. The smallest absolute Gasteiger partial charge is 0.0695 e. The van der Waals surface area contributed by atoms with Crippen LogP contribution in [0.15, 0.2) is 0 Å². The second-order valence-electron chi connectivity index (χ2n) is 7.63. The van der Waals surface area contributed by atoms with Crippen molar-refractivity contribution in [2.45, 2.75) is 78.7 Å². The van der Waals surface area contributed by atoms with Gasteiger partial charge < -0.3 is 10.0 Å².